The summed E-state index contributed by atoms with van der Waals surface area (Å²) < 4.78 is 67.9. The first-order valence-electron chi connectivity index (χ1n) is 35.5. The highest BCUT2D eigenvalue weighted by Crippen LogP contribution is 2.45. The number of esters is 4. The van der Waals surface area contributed by atoms with Crippen LogP contribution >= 0.6 is 15.6 Å². The van der Waals surface area contributed by atoms with Crippen LogP contribution in [0.4, 0.5) is 0 Å². The molecule has 0 spiro atoms. The number of unbranched alkanes of at least 4 members (excludes halogenated alkanes) is 37. The molecule has 3 N–H and O–H groups in total. The largest absolute Gasteiger partial charge is 0.472 e. The molecule has 0 fully saturated rings. The monoisotopic (exact) mass is 1280 g/mol. The molecule has 0 heterocycles. The minimum atomic E-state index is -4.95. The number of hydrogen-bond donors (Lipinski definition) is 3. The Morgan fingerprint density at radius 1 is 0.310 bits per heavy atom. The van der Waals surface area contributed by atoms with Crippen molar-refractivity contribution in [2.75, 3.05) is 39.6 Å². The Labute approximate surface area is 530 Å². The van der Waals surface area contributed by atoms with Crippen LogP contribution in [0.25, 0.3) is 0 Å². The minimum absolute atomic E-state index is 0.105. The number of carbonyl (C=O) groups is 4. The Kier molecular flexibility index (Phi) is 59.0. The van der Waals surface area contributed by atoms with Crippen molar-refractivity contribution in [3.05, 3.63) is 0 Å². The zero-order chi connectivity index (χ0) is 64.3. The van der Waals surface area contributed by atoms with Gasteiger partial charge in [-0.3, -0.25) is 37.3 Å². The highest BCUT2D eigenvalue weighted by Gasteiger charge is 2.30. The molecule has 0 bridgehead atoms. The van der Waals surface area contributed by atoms with Gasteiger partial charge in [0.2, 0.25) is 0 Å². The molecule has 0 saturated heterocycles. The smallest absolute Gasteiger partial charge is 0.462 e. The van der Waals surface area contributed by atoms with Gasteiger partial charge in [-0.05, 0) is 37.5 Å². The molecule has 0 aromatic rings. The van der Waals surface area contributed by atoms with Crippen molar-refractivity contribution in [3.8, 4) is 0 Å². The first-order valence-corrected chi connectivity index (χ1v) is 38.5. The van der Waals surface area contributed by atoms with E-state index in [4.69, 9.17) is 37.0 Å². The van der Waals surface area contributed by atoms with Crippen LogP contribution in [0.5, 0.6) is 0 Å². The van der Waals surface area contributed by atoms with E-state index in [9.17, 15) is 43.2 Å². The molecular formula is C68H132O17P2. The summed E-state index contributed by atoms with van der Waals surface area (Å²) in [7, 11) is -9.88. The van der Waals surface area contributed by atoms with E-state index in [1.807, 2.05) is 0 Å². The topological polar surface area (TPSA) is 237 Å². The summed E-state index contributed by atoms with van der Waals surface area (Å²) in [5.41, 5.74) is 0. The summed E-state index contributed by atoms with van der Waals surface area (Å²) >= 11 is 0. The van der Waals surface area contributed by atoms with Gasteiger partial charge in [-0.15, -0.1) is 0 Å². The summed E-state index contributed by atoms with van der Waals surface area (Å²) in [6.07, 6.45) is 45.0. The maximum atomic E-state index is 13.0. The standard InChI is InChI=1S/C68H132O17P2/c1-7-9-11-13-14-26-34-40-46-52-67(72)84-63(56-78-65(70)50-44-36-12-10-8-2)58-82-86(74,75)80-54-62(69)55-81-87(76,77)83-59-64(57-79-66(71)51-45-39-33-30-25-28-32-38-43-49-61(5)6)85-68(73)53-47-41-35-29-24-22-20-18-16-15-17-19-21-23-27-31-37-42-48-60(3)4/h60-64,69H,7-59H2,1-6H3,(H,74,75)(H,76,77)/t62-,63+,64+/m0/s1. The van der Waals surface area contributed by atoms with Gasteiger partial charge in [-0.25, -0.2) is 9.13 Å². The molecule has 516 valence electrons. The van der Waals surface area contributed by atoms with Crippen LogP contribution in [-0.2, 0) is 65.4 Å². The molecule has 0 aliphatic heterocycles. The Balaban J connectivity index is 5.09. The van der Waals surface area contributed by atoms with Crippen molar-refractivity contribution in [2.24, 2.45) is 11.8 Å². The Hall–Kier alpha value is -1.94. The number of ether oxygens (including phenoxy) is 4. The molecule has 0 aromatic heterocycles. The van der Waals surface area contributed by atoms with Gasteiger partial charge >= 0.3 is 39.5 Å². The minimum Gasteiger partial charge on any atom is -0.462 e. The van der Waals surface area contributed by atoms with Gasteiger partial charge in [-0.2, -0.15) is 0 Å². The number of aliphatic hydroxyl groups excluding tert-OH is 1. The highest BCUT2D eigenvalue weighted by atomic mass is 31.2. The van der Waals surface area contributed by atoms with Crippen molar-refractivity contribution < 1.29 is 80.2 Å². The first kappa shape index (κ1) is 85.1. The number of hydrogen-bond acceptors (Lipinski definition) is 15. The van der Waals surface area contributed by atoms with Crippen LogP contribution in [0.15, 0.2) is 0 Å². The van der Waals surface area contributed by atoms with E-state index in [-0.39, 0.29) is 25.7 Å². The van der Waals surface area contributed by atoms with Crippen LogP contribution in [0.1, 0.15) is 343 Å². The average Bonchev–Trinajstić information content (AvgIpc) is 3.61. The van der Waals surface area contributed by atoms with E-state index in [0.29, 0.717) is 25.7 Å². The number of phosphoric acid groups is 2. The van der Waals surface area contributed by atoms with Gasteiger partial charge in [0.05, 0.1) is 26.4 Å². The van der Waals surface area contributed by atoms with E-state index in [2.05, 4.69) is 41.5 Å². The molecule has 0 aliphatic carbocycles. The van der Waals surface area contributed by atoms with Crippen LogP contribution in [0.3, 0.4) is 0 Å². The molecular weight excluding hydrogens is 1150 g/mol. The SMILES string of the molecule is CCCCCCCCCCCC(=O)O[C@H](COC(=O)CCCCCCC)COP(=O)(O)OC[C@H](O)COP(=O)(O)OC[C@@H](COC(=O)CCCCCCCCCCCC(C)C)OC(=O)CCCCCCCCCCCCCCCCCCCCC(C)C. The molecule has 0 amide bonds. The van der Waals surface area contributed by atoms with Gasteiger partial charge < -0.3 is 33.8 Å². The van der Waals surface area contributed by atoms with E-state index < -0.39 is 97.5 Å². The lowest BCUT2D eigenvalue weighted by molar-refractivity contribution is -0.161. The quantitative estimate of drug-likeness (QED) is 0.0222. The Morgan fingerprint density at radius 3 is 0.782 bits per heavy atom. The molecule has 17 nitrogen and oxygen atoms in total. The number of carbonyl (C=O) groups excluding carboxylic acids is 4. The predicted molar refractivity (Wildman–Crippen MR) is 349 cm³/mol. The Morgan fingerprint density at radius 2 is 0.529 bits per heavy atom. The third kappa shape index (κ3) is 62.6. The van der Waals surface area contributed by atoms with Crippen molar-refractivity contribution in [1.82, 2.24) is 0 Å². The van der Waals surface area contributed by atoms with Crippen LogP contribution in [0, 0.1) is 11.8 Å². The average molecular weight is 1280 g/mol. The molecule has 2 unspecified atom stereocenters. The summed E-state index contributed by atoms with van der Waals surface area (Å²) in [6, 6.07) is 0. The van der Waals surface area contributed by atoms with Crippen LogP contribution < -0.4 is 0 Å². The van der Waals surface area contributed by atoms with Gasteiger partial charge in [0.15, 0.2) is 12.2 Å². The second-order valence-electron chi connectivity index (χ2n) is 25.5. The zero-order valence-electron chi connectivity index (χ0n) is 56.3. The number of aliphatic hydroxyl groups is 1. The number of rotatable bonds is 67. The Bertz CT molecular complexity index is 1700. The van der Waals surface area contributed by atoms with E-state index in [1.165, 1.54) is 154 Å². The third-order valence-electron chi connectivity index (χ3n) is 15.7. The third-order valence-corrected chi connectivity index (χ3v) is 17.6. The second kappa shape index (κ2) is 60.3. The highest BCUT2D eigenvalue weighted by molar-refractivity contribution is 7.47. The lowest BCUT2D eigenvalue weighted by Crippen LogP contribution is -2.30. The zero-order valence-corrected chi connectivity index (χ0v) is 58.1. The van der Waals surface area contributed by atoms with Crippen molar-refractivity contribution in [3.63, 3.8) is 0 Å². The normalized spacial score (nSPS) is 14.2. The molecule has 87 heavy (non-hydrogen) atoms. The summed E-state index contributed by atoms with van der Waals surface area (Å²) in [4.78, 5) is 72.1. The maximum absolute atomic E-state index is 13.0. The van der Waals surface area contributed by atoms with Crippen LogP contribution in [0.2, 0.25) is 0 Å². The van der Waals surface area contributed by atoms with E-state index in [0.717, 1.165) is 108 Å². The maximum Gasteiger partial charge on any atom is 0.472 e. The van der Waals surface area contributed by atoms with Crippen molar-refractivity contribution in [2.45, 2.75) is 362 Å². The van der Waals surface area contributed by atoms with Crippen molar-refractivity contribution in [1.29, 1.82) is 0 Å². The second-order valence-corrected chi connectivity index (χ2v) is 28.4. The molecule has 19 heteroatoms. The molecule has 0 rings (SSSR count). The summed E-state index contributed by atoms with van der Waals surface area (Å²) in [6.45, 7) is 9.44. The molecule has 0 saturated carbocycles. The lowest BCUT2D eigenvalue weighted by atomic mass is 10.0. The lowest BCUT2D eigenvalue weighted by Gasteiger charge is -2.21. The van der Waals surface area contributed by atoms with E-state index >= 15 is 0 Å². The fraction of sp³-hybridized carbons (Fsp3) is 0.941. The van der Waals surface area contributed by atoms with Crippen LogP contribution in [-0.4, -0.2) is 96.7 Å². The summed E-state index contributed by atoms with van der Waals surface area (Å²) in [5.74, 6) is -0.577. The molecule has 0 aromatic carbocycles. The predicted octanol–water partition coefficient (Wildman–Crippen LogP) is 19.2. The fourth-order valence-electron chi connectivity index (χ4n) is 10.2. The van der Waals surface area contributed by atoms with Gasteiger partial charge in [-0.1, -0.05) is 292 Å². The fourth-order valence-corrected chi connectivity index (χ4v) is 11.8. The van der Waals surface area contributed by atoms with Crippen molar-refractivity contribution >= 4 is 39.5 Å². The molecule has 0 radical (unpaired) electrons. The van der Waals surface area contributed by atoms with Gasteiger partial charge in [0.1, 0.15) is 19.3 Å². The summed E-state index contributed by atoms with van der Waals surface area (Å²) in [5, 5.41) is 10.5. The molecule has 5 atom stereocenters. The van der Waals surface area contributed by atoms with E-state index in [1.54, 1.807) is 0 Å². The van der Waals surface area contributed by atoms with Gasteiger partial charge in [0.25, 0.3) is 0 Å². The molecule has 0 aliphatic rings. The van der Waals surface area contributed by atoms with Gasteiger partial charge in [0, 0.05) is 25.7 Å². The first-order chi connectivity index (χ1) is 41.9. The number of phosphoric ester groups is 2.